The van der Waals surface area contributed by atoms with Gasteiger partial charge in [-0.2, -0.15) is 0 Å². The van der Waals surface area contributed by atoms with Gasteiger partial charge in [-0.25, -0.2) is 0 Å². The van der Waals surface area contributed by atoms with Crippen LogP contribution < -0.4 is 5.73 Å². The van der Waals surface area contributed by atoms with E-state index in [4.69, 9.17) is 5.73 Å². The minimum Gasteiger partial charge on any atom is -0.338 e. The van der Waals surface area contributed by atoms with Crippen LogP contribution in [0.5, 0.6) is 0 Å². The van der Waals surface area contributed by atoms with Crippen molar-refractivity contribution in [2.24, 2.45) is 5.73 Å². The van der Waals surface area contributed by atoms with E-state index in [0.717, 1.165) is 18.5 Å². The van der Waals surface area contributed by atoms with Crippen molar-refractivity contribution in [1.29, 1.82) is 0 Å². The average Bonchev–Trinajstić information content (AvgIpc) is 2.65. The van der Waals surface area contributed by atoms with Crippen molar-refractivity contribution in [2.75, 3.05) is 6.54 Å². The molecule has 2 N–H and O–H groups in total. The second-order valence-electron chi connectivity index (χ2n) is 3.89. The summed E-state index contributed by atoms with van der Waals surface area (Å²) in [5.41, 5.74) is 7.97. The number of amides is 1. The molecule has 1 amide bonds. The molecule has 0 radical (unpaired) electrons. The number of benzene rings is 1. The zero-order valence-electron chi connectivity index (χ0n) is 9.19. The largest absolute Gasteiger partial charge is 0.338 e. The topological polar surface area (TPSA) is 46.3 Å². The summed E-state index contributed by atoms with van der Waals surface area (Å²) in [6.45, 7) is 2.14. The summed E-state index contributed by atoms with van der Waals surface area (Å²) < 4.78 is 0. The summed E-state index contributed by atoms with van der Waals surface area (Å²) in [4.78, 5) is 13.4. The lowest BCUT2D eigenvalue weighted by atomic mass is 10.1. The summed E-state index contributed by atoms with van der Waals surface area (Å²) in [5.74, 6) is 0.266. The molecule has 1 aliphatic heterocycles. The number of nitrogens with two attached hydrogens (primary N) is 1. The Morgan fingerprint density at radius 1 is 1.25 bits per heavy atom. The lowest BCUT2D eigenvalue weighted by Gasteiger charge is -2.17. The van der Waals surface area contributed by atoms with E-state index in [1.807, 2.05) is 29.2 Å². The van der Waals surface area contributed by atoms with Gasteiger partial charge in [0.05, 0.1) is 0 Å². The normalized spacial score (nSPS) is 15.1. The Hall–Kier alpha value is -1.06. The van der Waals surface area contributed by atoms with Gasteiger partial charge in [-0.3, -0.25) is 4.79 Å². The third-order valence-electron chi connectivity index (χ3n) is 2.87. The molecule has 1 aliphatic rings. The molecular weight excluding hydrogens is 224 g/mol. The molecule has 0 aliphatic carbocycles. The van der Waals surface area contributed by atoms with Crippen molar-refractivity contribution in [2.45, 2.75) is 25.9 Å². The van der Waals surface area contributed by atoms with Gasteiger partial charge in [-0.05, 0) is 17.5 Å². The first-order valence-corrected chi connectivity index (χ1v) is 5.36. The lowest BCUT2D eigenvalue weighted by molar-refractivity contribution is -0.128. The second-order valence-corrected chi connectivity index (χ2v) is 3.89. The van der Waals surface area contributed by atoms with E-state index in [9.17, 15) is 4.79 Å². The maximum atomic E-state index is 11.5. The average molecular weight is 241 g/mol. The molecule has 88 valence electrons. The van der Waals surface area contributed by atoms with Crippen LogP contribution in [-0.4, -0.2) is 17.4 Å². The van der Waals surface area contributed by atoms with E-state index in [0.29, 0.717) is 19.5 Å². The molecular formula is C12H17ClN2O. The molecule has 0 atom stereocenters. The quantitative estimate of drug-likeness (QED) is 0.874. The maximum absolute atomic E-state index is 11.5. The Bertz CT molecular complexity index is 368. The molecule has 1 saturated heterocycles. The van der Waals surface area contributed by atoms with Gasteiger partial charge < -0.3 is 10.6 Å². The minimum absolute atomic E-state index is 0. The molecule has 0 bridgehead atoms. The van der Waals surface area contributed by atoms with Crippen LogP contribution in [0.2, 0.25) is 0 Å². The van der Waals surface area contributed by atoms with Gasteiger partial charge in [0.15, 0.2) is 0 Å². The Kier molecular flexibility index (Phi) is 4.77. The highest BCUT2D eigenvalue weighted by molar-refractivity contribution is 5.85. The zero-order valence-corrected chi connectivity index (χ0v) is 10.0. The summed E-state index contributed by atoms with van der Waals surface area (Å²) in [6.07, 6.45) is 1.69. The predicted octanol–water partition coefficient (Wildman–Crippen LogP) is 1.69. The molecule has 2 rings (SSSR count). The molecule has 1 aromatic carbocycles. The third-order valence-corrected chi connectivity index (χ3v) is 2.87. The van der Waals surface area contributed by atoms with Crippen molar-refractivity contribution in [1.82, 2.24) is 4.90 Å². The number of rotatable bonds is 3. The van der Waals surface area contributed by atoms with Gasteiger partial charge >= 0.3 is 0 Å². The SMILES string of the molecule is Cl.NCc1ccccc1CN1CCCC1=O. The molecule has 0 unspecified atom stereocenters. The summed E-state index contributed by atoms with van der Waals surface area (Å²) in [6, 6.07) is 8.05. The van der Waals surface area contributed by atoms with Crippen LogP contribution in [0.25, 0.3) is 0 Å². The van der Waals surface area contributed by atoms with E-state index in [1.165, 1.54) is 5.56 Å². The van der Waals surface area contributed by atoms with E-state index in [-0.39, 0.29) is 18.3 Å². The van der Waals surface area contributed by atoms with Gasteiger partial charge in [0.25, 0.3) is 0 Å². The van der Waals surface area contributed by atoms with Crippen LogP contribution in [0.1, 0.15) is 24.0 Å². The summed E-state index contributed by atoms with van der Waals surface area (Å²) >= 11 is 0. The van der Waals surface area contributed by atoms with Crippen LogP contribution >= 0.6 is 12.4 Å². The van der Waals surface area contributed by atoms with Crippen molar-refractivity contribution in [3.05, 3.63) is 35.4 Å². The zero-order chi connectivity index (χ0) is 10.7. The van der Waals surface area contributed by atoms with E-state index < -0.39 is 0 Å². The number of nitrogens with zero attached hydrogens (tertiary/aromatic N) is 1. The van der Waals surface area contributed by atoms with Crippen molar-refractivity contribution in [3.8, 4) is 0 Å². The number of carbonyl (C=O) groups excluding carboxylic acids is 1. The first-order chi connectivity index (χ1) is 7.31. The minimum atomic E-state index is 0. The number of carbonyl (C=O) groups is 1. The van der Waals surface area contributed by atoms with Crippen LogP contribution in [0.15, 0.2) is 24.3 Å². The van der Waals surface area contributed by atoms with E-state index >= 15 is 0 Å². The Labute approximate surface area is 102 Å². The van der Waals surface area contributed by atoms with Gasteiger partial charge in [-0.15, -0.1) is 12.4 Å². The first-order valence-electron chi connectivity index (χ1n) is 5.36. The molecule has 3 nitrogen and oxygen atoms in total. The number of hydrogen-bond acceptors (Lipinski definition) is 2. The highest BCUT2D eigenvalue weighted by Crippen LogP contribution is 2.16. The predicted molar refractivity (Wildman–Crippen MR) is 66.2 cm³/mol. The molecule has 0 spiro atoms. The Balaban J connectivity index is 0.00000128. The van der Waals surface area contributed by atoms with Gasteiger partial charge in [0, 0.05) is 26.1 Å². The molecule has 1 fully saturated rings. The maximum Gasteiger partial charge on any atom is 0.222 e. The Morgan fingerprint density at radius 2 is 1.94 bits per heavy atom. The molecule has 1 aromatic rings. The second kappa shape index (κ2) is 5.87. The van der Waals surface area contributed by atoms with Crippen LogP contribution in [0, 0.1) is 0 Å². The summed E-state index contributed by atoms with van der Waals surface area (Å²) in [5, 5.41) is 0. The van der Waals surface area contributed by atoms with Crippen LogP contribution in [0.4, 0.5) is 0 Å². The monoisotopic (exact) mass is 240 g/mol. The molecule has 1 heterocycles. The van der Waals surface area contributed by atoms with Crippen LogP contribution in [-0.2, 0) is 17.9 Å². The van der Waals surface area contributed by atoms with E-state index in [2.05, 4.69) is 0 Å². The van der Waals surface area contributed by atoms with E-state index in [1.54, 1.807) is 0 Å². The fourth-order valence-corrected chi connectivity index (χ4v) is 1.99. The molecule has 4 heteroatoms. The highest BCUT2D eigenvalue weighted by Gasteiger charge is 2.20. The van der Waals surface area contributed by atoms with Crippen molar-refractivity contribution in [3.63, 3.8) is 0 Å². The third kappa shape index (κ3) is 2.74. The van der Waals surface area contributed by atoms with Crippen LogP contribution in [0.3, 0.4) is 0 Å². The first kappa shape index (κ1) is 13.0. The van der Waals surface area contributed by atoms with Gasteiger partial charge in [-0.1, -0.05) is 24.3 Å². The fourth-order valence-electron chi connectivity index (χ4n) is 1.99. The van der Waals surface area contributed by atoms with Crippen molar-refractivity contribution >= 4 is 18.3 Å². The molecule has 0 aromatic heterocycles. The van der Waals surface area contributed by atoms with Crippen molar-refractivity contribution < 1.29 is 4.79 Å². The highest BCUT2D eigenvalue weighted by atomic mass is 35.5. The molecule has 0 saturated carbocycles. The molecule has 16 heavy (non-hydrogen) atoms. The number of hydrogen-bond donors (Lipinski definition) is 1. The number of halogens is 1. The lowest BCUT2D eigenvalue weighted by Crippen LogP contribution is -2.24. The van der Waals surface area contributed by atoms with Gasteiger partial charge in [0.2, 0.25) is 5.91 Å². The standard InChI is InChI=1S/C12H16N2O.ClH/c13-8-10-4-1-2-5-11(10)9-14-7-3-6-12(14)15;/h1-2,4-5H,3,6-9,13H2;1H. The fraction of sp³-hybridized carbons (Fsp3) is 0.417. The number of likely N-dealkylation sites (tertiary alicyclic amines) is 1. The Morgan fingerprint density at radius 3 is 2.50 bits per heavy atom. The smallest absolute Gasteiger partial charge is 0.222 e. The summed E-state index contributed by atoms with van der Waals surface area (Å²) in [7, 11) is 0. The van der Waals surface area contributed by atoms with Gasteiger partial charge in [0.1, 0.15) is 0 Å².